The first-order valence-corrected chi connectivity index (χ1v) is 11.6. The molecule has 3 aromatic carbocycles. The second-order valence-corrected chi connectivity index (χ2v) is 8.35. The van der Waals surface area contributed by atoms with Gasteiger partial charge in [-0.15, -0.1) is 0 Å². The number of fused-ring (bicyclic) bond motifs is 1. The average Bonchev–Trinajstić information content (AvgIpc) is 2.84. The quantitative estimate of drug-likeness (QED) is 0.464. The normalized spacial score (nSPS) is 12.8. The number of carbonyl (C=O) groups is 1. The molecule has 0 fully saturated rings. The summed E-state index contributed by atoms with van der Waals surface area (Å²) >= 11 is 0. The molecule has 0 aliphatic carbocycles. The summed E-state index contributed by atoms with van der Waals surface area (Å²) in [6.07, 6.45) is 4.56. The number of para-hydroxylation sites is 1. The number of ether oxygens (including phenoxy) is 1. The van der Waals surface area contributed by atoms with E-state index in [0.717, 1.165) is 38.1 Å². The Kier molecular flexibility index (Phi) is 7.44. The predicted octanol–water partition coefficient (Wildman–Crippen LogP) is 5.40. The molecule has 1 aliphatic heterocycles. The molecule has 0 saturated heterocycles. The number of anilines is 1. The molecule has 1 amide bonds. The van der Waals surface area contributed by atoms with E-state index >= 15 is 0 Å². The molecule has 0 radical (unpaired) electrons. The van der Waals surface area contributed by atoms with Gasteiger partial charge in [0.2, 0.25) is 0 Å². The minimum Gasteiger partial charge on any atom is -0.492 e. The Bertz CT molecular complexity index is 1010. The number of amides is 1. The van der Waals surface area contributed by atoms with Crippen LogP contribution >= 0.6 is 0 Å². The standard InChI is InChI=1S/C28H32N2O2/c1-2-6-22-12-16-26(17-13-22)32-20-18-29-28(31)25-14-10-23(11-15-25)21-30-19-5-8-24-7-3-4-9-27(24)30/h3-4,7,9-17H,2,5-6,8,18-21H2,1H3,(H,29,31). The lowest BCUT2D eigenvalue weighted by Gasteiger charge is -2.31. The van der Waals surface area contributed by atoms with E-state index in [4.69, 9.17) is 4.74 Å². The van der Waals surface area contributed by atoms with E-state index in [1.54, 1.807) is 0 Å². The molecular weight excluding hydrogens is 396 g/mol. The lowest BCUT2D eigenvalue weighted by molar-refractivity contribution is 0.0947. The molecule has 166 valence electrons. The predicted molar refractivity (Wildman–Crippen MR) is 131 cm³/mol. The molecule has 0 bridgehead atoms. The Labute approximate surface area is 191 Å². The fraction of sp³-hybridized carbons (Fsp3) is 0.321. The molecule has 1 N–H and O–H groups in total. The van der Waals surface area contributed by atoms with E-state index in [9.17, 15) is 4.79 Å². The van der Waals surface area contributed by atoms with Crippen molar-refractivity contribution in [2.45, 2.75) is 39.2 Å². The van der Waals surface area contributed by atoms with Crippen LogP contribution in [0, 0.1) is 0 Å². The fourth-order valence-electron chi connectivity index (χ4n) is 4.23. The maximum absolute atomic E-state index is 12.5. The number of benzene rings is 3. The van der Waals surface area contributed by atoms with Crippen LogP contribution < -0.4 is 15.0 Å². The highest BCUT2D eigenvalue weighted by molar-refractivity contribution is 5.94. The van der Waals surface area contributed by atoms with Crippen LogP contribution in [0.1, 0.15) is 46.8 Å². The summed E-state index contributed by atoms with van der Waals surface area (Å²) in [5.41, 5.74) is 5.97. The van der Waals surface area contributed by atoms with Crippen molar-refractivity contribution in [2.75, 3.05) is 24.6 Å². The van der Waals surface area contributed by atoms with E-state index in [-0.39, 0.29) is 5.91 Å². The van der Waals surface area contributed by atoms with Crippen LogP contribution in [-0.2, 0) is 19.4 Å². The number of aryl methyl sites for hydroxylation is 2. The van der Waals surface area contributed by atoms with Gasteiger partial charge in [-0.25, -0.2) is 0 Å². The van der Waals surface area contributed by atoms with Gasteiger partial charge in [-0.3, -0.25) is 4.79 Å². The third kappa shape index (κ3) is 5.70. The van der Waals surface area contributed by atoms with Gasteiger partial charge in [-0.2, -0.15) is 0 Å². The highest BCUT2D eigenvalue weighted by Gasteiger charge is 2.16. The van der Waals surface area contributed by atoms with Crippen molar-refractivity contribution in [3.05, 3.63) is 95.1 Å². The summed E-state index contributed by atoms with van der Waals surface area (Å²) in [4.78, 5) is 14.9. The van der Waals surface area contributed by atoms with Crippen molar-refractivity contribution in [1.82, 2.24) is 5.32 Å². The Morgan fingerprint density at radius 1 is 0.969 bits per heavy atom. The first-order chi connectivity index (χ1) is 15.7. The molecule has 0 atom stereocenters. The number of hydrogen-bond acceptors (Lipinski definition) is 3. The fourth-order valence-corrected chi connectivity index (χ4v) is 4.23. The first kappa shape index (κ1) is 21.9. The third-order valence-corrected chi connectivity index (χ3v) is 5.91. The topological polar surface area (TPSA) is 41.6 Å². The molecule has 0 spiro atoms. The first-order valence-electron chi connectivity index (χ1n) is 11.6. The van der Waals surface area contributed by atoms with Crippen LogP contribution in [0.3, 0.4) is 0 Å². The van der Waals surface area contributed by atoms with Crippen molar-refractivity contribution in [3.63, 3.8) is 0 Å². The van der Waals surface area contributed by atoms with Gasteiger partial charge in [0.1, 0.15) is 12.4 Å². The number of nitrogens with zero attached hydrogens (tertiary/aromatic N) is 1. The smallest absolute Gasteiger partial charge is 0.251 e. The summed E-state index contributed by atoms with van der Waals surface area (Å²) < 4.78 is 5.74. The van der Waals surface area contributed by atoms with E-state index in [2.05, 4.69) is 65.7 Å². The van der Waals surface area contributed by atoms with Crippen molar-refractivity contribution in [2.24, 2.45) is 0 Å². The van der Waals surface area contributed by atoms with Crippen LogP contribution in [0.2, 0.25) is 0 Å². The summed E-state index contributed by atoms with van der Waals surface area (Å²) in [5, 5.41) is 2.94. The number of hydrogen-bond donors (Lipinski definition) is 1. The minimum absolute atomic E-state index is 0.0678. The van der Waals surface area contributed by atoms with Crippen LogP contribution in [0.4, 0.5) is 5.69 Å². The van der Waals surface area contributed by atoms with Gasteiger partial charge in [0.25, 0.3) is 5.91 Å². The Hall–Kier alpha value is -3.27. The Morgan fingerprint density at radius 2 is 1.72 bits per heavy atom. The second kappa shape index (κ2) is 10.9. The zero-order valence-corrected chi connectivity index (χ0v) is 18.8. The highest BCUT2D eigenvalue weighted by atomic mass is 16.5. The van der Waals surface area contributed by atoms with Crippen LogP contribution in [0.15, 0.2) is 72.8 Å². The van der Waals surface area contributed by atoms with Crippen LogP contribution in [0.25, 0.3) is 0 Å². The SMILES string of the molecule is CCCc1ccc(OCCNC(=O)c2ccc(CN3CCCc4ccccc43)cc2)cc1. The summed E-state index contributed by atoms with van der Waals surface area (Å²) in [6, 6.07) is 24.8. The zero-order valence-electron chi connectivity index (χ0n) is 18.8. The number of carbonyl (C=O) groups excluding carboxylic acids is 1. The number of nitrogens with one attached hydrogen (secondary N) is 1. The molecule has 4 nitrogen and oxygen atoms in total. The van der Waals surface area contributed by atoms with Gasteiger partial charge >= 0.3 is 0 Å². The third-order valence-electron chi connectivity index (χ3n) is 5.91. The average molecular weight is 429 g/mol. The van der Waals surface area contributed by atoms with Crippen molar-refractivity contribution >= 4 is 11.6 Å². The van der Waals surface area contributed by atoms with Crippen LogP contribution in [-0.4, -0.2) is 25.6 Å². The Morgan fingerprint density at radius 3 is 2.50 bits per heavy atom. The van der Waals surface area contributed by atoms with Gasteiger partial charge in [0.15, 0.2) is 0 Å². The van der Waals surface area contributed by atoms with Gasteiger partial charge in [0, 0.05) is 24.3 Å². The molecule has 0 aromatic heterocycles. The minimum atomic E-state index is -0.0678. The molecule has 4 heteroatoms. The largest absolute Gasteiger partial charge is 0.492 e. The van der Waals surface area contributed by atoms with Gasteiger partial charge in [-0.1, -0.05) is 55.8 Å². The van der Waals surface area contributed by atoms with E-state index in [1.165, 1.54) is 28.8 Å². The van der Waals surface area contributed by atoms with Crippen molar-refractivity contribution in [1.29, 1.82) is 0 Å². The molecule has 32 heavy (non-hydrogen) atoms. The molecule has 3 aromatic rings. The lowest BCUT2D eigenvalue weighted by atomic mass is 10.0. The molecule has 1 heterocycles. The van der Waals surface area contributed by atoms with E-state index < -0.39 is 0 Å². The summed E-state index contributed by atoms with van der Waals surface area (Å²) in [5.74, 6) is 0.768. The maximum atomic E-state index is 12.5. The van der Waals surface area contributed by atoms with Gasteiger partial charge in [0.05, 0.1) is 6.54 Å². The second-order valence-electron chi connectivity index (χ2n) is 8.35. The van der Waals surface area contributed by atoms with E-state index in [1.807, 2.05) is 24.3 Å². The summed E-state index contributed by atoms with van der Waals surface area (Å²) in [6.45, 7) is 5.03. The summed E-state index contributed by atoms with van der Waals surface area (Å²) in [7, 11) is 0. The molecule has 0 saturated carbocycles. The lowest BCUT2D eigenvalue weighted by Crippen LogP contribution is -2.29. The zero-order chi connectivity index (χ0) is 22.2. The highest BCUT2D eigenvalue weighted by Crippen LogP contribution is 2.28. The molecular formula is C28H32N2O2. The Balaban J connectivity index is 1.24. The molecule has 4 rings (SSSR count). The monoisotopic (exact) mass is 428 g/mol. The van der Waals surface area contributed by atoms with Gasteiger partial charge in [-0.05, 0) is 66.3 Å². The van der Waals surface area contributed by atoms with Crippen molar-refractivity contribution in [3.8, 4) is 5.75 Å². The van der Waals surface area contributed by atoms with E-state index in [0.29, 0.717) is 18.7 Å². The van der Waals surface area contributed by atoms with Crippen LogP contribution in [0.5, 0.6) is 5.75 Å². The van der Waals surface area contributed by atoms with Gasteiger partial charge < -0.3 is 15.0 Å². The molecule has 0 unspecified atom stereocenters. The molecule has 1 aliphatic rings. The number of rotatable bonds is 9. The maximum Gasteiger partial charge on any atom is 0.251 e. The van der Waals surface area contributed by atoms with Crippen molar-refractivity contribution < 1.29 is 9.53 Å².